The lowest BCUT2D eigenvalue weighted by atomic mass is 10.0. The fourth-order valence-electron chi connectivity index (χ4n) is 3.72. The van der Waals surface area contributed by atoms with Crippen molar-refractivity contribution < 1.29 is 23.1 Å². The minimum atomic E-state index is -4.44. The van der Waals surface area contributed by atoms with Crippen LogP contribution in [0.1, 0.15) is 66.9 Å². The fraction of sp³-hybridized carbons (Fsp3) is 0.435. The van der Waals surface area contributed by atoms with Gasteiger partial charge in [-0.15, -0.1) is 0 Å². The van der Waals surface area contributed by atoms with Gasteiger partial charge in [-0.1, -0.05) is 32.8 Å². The van der Waals surface area contributed by atoms with Crippen LogP contribution in [0.15, 0.2) is 41.3 Å². The van der Waals surface area contributed by atoms with E-state index < -0.39 is 17.7 Å². The Balaban J connectivity index is 1.95. The maximum Gasteiger partial charge on any atom is 0.416 e. The normalized spacial score (nSPS) is 15.1. The van der Waals surface area contributed by atoms with Crippen LogP contribution in [0.2, 0.25) is 0 Å². The Morgan fingerprint density at radius 3 is 2.32 bits per heavy atom. The van der Waals surface area contributed by atoms with Gasteiger partial charge < -0.3 is 14.7 Å². The van der Waals surface area contributed by atoms with Crippen LogP contribution in [0.3, 0.4) is 0 Å². The van der Waals surface area contributed by atoms with Gasteiger partial charge in [0.15, 0.2) is 0 Å². The summed E-state index contributed by atoms with van der Waals surface area (Å²) in [6, 6.07) is 8.68. The molecule has 0 amide bonds. The molecule has 1 aliphatic rings. The molecular formula is C23H27F3N2O2S. The van der Waals surface area contributed by atoms with Gasteiger partial charge in [-0.05, 0) is 66.6 Å². The number of nitrogens with zero attached hydrogens (tertiary/aromatic N) is 1. The third kappa shape index (κ3) is 5.87. The molecule has 0 aromatic heterocycles. The van der Waals surface area contributed by atoms with E-state index in [2.05, 4.69) is 9.62 Å². The second-order valence-corrected chi connectivity index (χ2v) is 8.90. The number of benzene rings is 2. The maximum atomic E-state index is 13.4. The summed E-state index contributed by atoms with van der Waals surface area (Å²) in [4.78, 5) is 14.2. The molecule has 1 saturated heterocycles. The number of halogens is 3. The lowest BCUT2D eigenvalue weighted by Gasteiger charge is -2.26. The van der Waals surface area contributed by atoms with Crippen LogP contribution in [0, 0.1) is 0 Å². The topological polar surface area (TPSA) is 52.6 Å². The van der Waals surface area contributed by atoms with Gasteiger partial charge in [0.25, 0.3) is 0 Å². The number of carboxylic acids is 1. The number of aromatic carboxylic acids is 1. The van der Waals surface area contributed by atoms with Crippen molar-refractivity contribution in [3.05, 3.63) is 53.1 Å². The highest BCUT2D eigenvalue weighted by Crippen LogP contribution is 2.39. The van der Waals surface area contributed by atoms with E-state index in [-0.39, 0.29) is 11.5 Å². The molecule has 1 heterocycles. The number of hydrogen-bond acceptors (Lipinski definition) is 4. The predicted molar refractivity (Wildman–Crippen MR) is 119 cm³/mol. The van der Waals surface area contributed by atoms with Gasteiger partial charge in [-0.25, -0.2) is 4.79 Å². The molecule has 2 aromatic carbocycles. The molecule has 4 nitrogen and oxygen atoms in total. The monoisotopic (exact) mass is 452 g/mol. The van der Waals surface area contributed by atoms with Gasteiger partial charge in [0.05, 0.1) is 22.5 Å². The van der Waals surface area contributed by atoms with Gasteiger partial charge in [0, 0.05) is 18.0 Å². The smallest absolute Gasteiger partial charge is 0.416 e. The van der Waals surface area contributed by atoms with Crippen molar-refractivity contribution in [2.45, 2.75) is 56.5 Å². The molecule has 168 valence electrons. The van der Waals surface area contributed by atoms with Crippen LogP contribution in [0.4, 0.5) is 24.5 Å². The van der Waals surface area contributed by atoms with Crippen molar-refractivity contribution in [3.63, 3.8) is 0 Å². The molecule has 0 aliphatic carbocycles. The molecule has 1 fully saturated rings. The molecule has 31 heavy (non-hydrogen) atoms. The highest BCUT2D eigenvalue weighted by atomic mass is 32.2. The molecule has 2 aromatic rings. The van der Waals surface area contributed by atoms with E-state index in [1.54, 1.807) is 18.2 Å². The third-order valence-electron chi connectivity index (χ3n) is 5.42. The number of alkyl halides is 3. The van der Waals surface area contributed by atoms with E-state index in [1.165, 1.54) is 6.07 Å². The summed E-state index contributed by atoms with van der Waals surface area (Å²) >= 11 is 1.16. The second-order valence-electron chi connectivity index (χ2n) is 8.05. The Hall–Kier alpha value is -2.35. The van der Waals surface area contributed by atoms with Crippen molar-refractivity contribution in [2.24, 2.45) is 0 Å². The Bertz CT molecular complexity index is 924. The first kappa shape index (κ1) is 23.3. The highest BCUT2D eigenvalue weighted by molar-refractivity contribution is 8.00. The predicted octanol–water partition coefficient (Wildman–Crippen LogP) is 7.03. The quantitative estimate of drug-likeness (QED) is 0.461. The molecule has 2 N–H and O–H groups in total. The molecule has 0 bridgehead atoms. The third-order valence-corrected chi connectivity index (χ3v) is 6.32. The van der Waals surface area contributed by atoms with Gasteiger partial charge in [-0.3, -0.25) is 0 Å². The second kappa shape index (κ2) is 9.85. The zero-order valence-electron chi connectivity index (χ0n) is 17.6. The minimum absolute atomic E-state index is 0.138. The van der Waals surface area contributed by atoms with Crippen LogP contribution in [0.5, 0.6) is 0 Å². The van der Waals surface area contributed by atoms with E-state index in [0.29, 0.717) is 10.6 Å². The first-order valence-corrected chi connectivity index (χ1v) is 11.2. The lowest BCUT2D eigenvalue weighted by molar-refractivity contribution is -0.137. The van der Waals surface area contributed by atoms with Crippen molar-refractivity contribution in [2.75, 3.05) is 22.7 Å². The molecular weight excluding hydrogens is 425 g/mol. The van der Waals surface area contributed by atoms with Crippen molar-refractivity contribution in [1.29, 1.82) is 0 Å². The van der Waals surface area contributed by atoms with Crippen molar-refractivity contribution in [3.8, 4) is 0 Å². The molecule has 0 saturated carbocycles. The fourth-order valence-corrected chi connectivity index (χ4v) is 4.72. The molecule has 8 heteroatoms. The van der Waals surface area contributed by atoms with Gasteiger partial charge in [0.1, 0.15) is 0 Å². The van der Waals surface area contributed by atoms with Crippen LogP contribution in [0.25, 0.3) is 0 Å². The molecule has 1 aliphatic heterocycles. The number of nitrogens with one attached hydrogen (secondary N) is 1. The van der Waals surface area contributed by atoms with Crippen LogP contribution in [-0.2, 0) is 6.18 Å². The number of rotatable bonds is 6. The zero-order valence-corrected chi connectivity index (χ0v) is 18.4. The SMILES string of the molecule is CC(C)c1ccc(C(=O)O)cc1SNc1cc(C(F)(F)F)ccc1N1CCCCCC1. The average Bonchev–Trinajstić information content (AvgIpc) is 3.00. The molecule has 3 rings (SSSR count). The standard InChI is InChI=1S/C23H27F3N2O2S/c1-15(2)18-9-7-16(22(29)30)13-21(18)31-27-19-14-17(23(24,25)26)8-10-20(19)28-11-5-3-4-6-12-28/h7-10,13-15,27H,3-6,11-12H2,1-2H3,(H,29,30). The summed E-state index contributed by atoms with van der Waals surface area (Å²) in [5.74, 6) is -0.903. The summed E-state index contributed by atoms with van der Waals surface area (Å²) in [5, 5.41) is 9.33. The molecule has 0 radical (unpaired) electrons. The number of hydrogen-bond donors (Lipinski definition) is 2. The van der Waals surface area contributed by atoms with E-state index in [9.17, 15) is 23.1 Å². The van der Waals surface area contributed by atoms with E-state index in [4.69, 9.17) is 0 Å². The van der Waals surface area contributed by atoms with Crippen LogP contribution < -0.4 is 9.62 Å². The first-order valence-electron chi connectivity index (χ1n) is 10.4. The summed E-state index contributed by atoms with van der Waals surface area (Å²) in [6.45, 7) is 5.59. The summed E-state index contributed by atoms with van der Waals surface area (Å²) in [7, 11) is 0. The van der Waals surface area contributed by atoms with Crippen molar-refractivity contribution in [1.82, 2.24) is 0 Å². The largest absolute Gasteiger partial charge is 0.478 e. The zero-order chi connectivity index (χ0) is 22.6. The molecule has 0 unspecified atom stereocenters. The van der Waals surface area contributed by atoms with E-state index in [0.717, 1.165) is 74.1 Å². The Labute approximate surface area is 185 Å². The maximum absolute atomic E-state index is 13.4. The van der Waals surface area contributed by atoms with E-state index >= 15 is 0 Å². The summed E-state index contributed by atoms with van der Waals surface area (Å²) in [6.07, 6.45) is -0.189. The van der Waals surface area contributed by atoms with Gasteiger partial charge in [-0.2, -0.15) is 13.2 Å². The first-order chi connectivity index (χ1) is 14.7. The van der Waals surface area contributed by atoms with Crippen LogP contribution >= 0.6 is 11.9 Å². The number of carbonyl (C=O) groups is 1. The van der Waals surface area contributed by atoms with E-state index in [1.807, 2.05) is 13.8 Å². The Morgan fingerprint density at radius 1 is 1.06 bits per heavy atom. The van der Waals surface area contributed by atoms with Gasteiger partial charge in [0.2, 0.25) is 0 Å². The minimum Gasteiger partial charge on any atom is -0.478 e. The lowest BCUT2D eigenvalue weighted by Crippen LogP contribution is -2.24. The molecule has 0 atom stereocenters. The van der Waals surface area contributed by atoms with Crippen molar-refractivity contribution >= 4 is 29.3 Å². The Morgan fingerprint density at radius 2 is 1.74 bits per heavy atom. The summed E-state index contributed by atoms with van der Waals surface area (Å²) in [5.41, 5.74) is 1.49. The molecule has 0 spiro atoms. The average molecular weight is 453 g/mol. The van der Waals surface area contributed by atoms with Gasteiger partial charge >= 0.3 is 12.1 Å². The van der Waals surface area contributed by atoms with Crippen LogP contribution in [-0.4, -0.2) is 24.2 Å². The Kier molecular flexibility index (Phi) is 7.41. The number of carboxylic acid groups (broad SMARTS) is 1. The number of anilines is 2. The highest BCUT2D eigenvalue weighted by Gasteiger charge is 2.31. The summed E-state index contributed by atoms with van der Waals surface area (Å²) < 4.78 is 43.2.